The second kappa shape index (κ2) is 5.47. The SMILES string of the molecule is Cc1cc(C)c2nc(C(C)(C)C)cc(CCC(=O)O)c2c1. The number of carboxylic acid groups (broad SMARTS) is 1. The second-order valence-corrected chi connectivity index (χ2v) is 6.79. The van der Waals surface area contributed by atoms with E-state index in [1.54, 1.807) is 0 Å². The molecule has 0 aliphatic carbocycles. The fourth-order valence-corrected chi connectivity index (χ4v) is 2.58. The van der Waals surface area contributed by atoms with Crippen LogP contribution in [-0.2, 0) is 16.6 Å². The van der Waals surface area contributed by atoms with Gasteiger partial charge in [-0.2, -0.15) is 0 Å². The van der Waals surface area contributed by atoms with E-state index in [1.807, 2.05) is 0 Å². The van der Waals surface area contributed by atoms with E-state index >= 15 is 0 Å². The summed E-state index contributed by atoms with van der Waals surface area (Å²) in [6.07, 6.45) is 0.690. The molecule has 0 atom stereocenters. The Bertz CT molecular complexity index is 696. The van der Waals surface area contributed by atoms with Crippen LogP contribution in [-0.4, -0.2) is 16.1 Å². The Hall–Kier alpha value is -1.90. The molecule has 1 aromatic heterocycles. The summed E-state index contributed by atoms with van der Waals surface area (Å²) >= 11 is 0. The van der Waals surface area contributed by atoms with Gasteiger partial charge in [0.15, 0.2) is 0 Å². The van der Waals surface area contributed by atoms with Gasteiger partial charge in [0.05, 0.1) is 5.52 Å². The molecule has 0 radical (unpaired) electrons. The third kappa shape index (κ3) is 3.41. The Labute approximate surface area is 126 Å². The molecule has 0 fully saturated rings. The van der Waals surface area contributed by atoms with Gasteiger partial charge in [0, 0.05) is 22.9 Å². The van der Waals surface area contributed by atoms with E-state index in [1.165, 1.54) is 5.56 Å². The standard InChI is InChI=1S/C18H23NO2/c1-11-8-12(2)17-14(9-11)13(6-7-16(20)21)10-15(19-17)18(3,4)5/h8-10H,6-7H2,1-5H3,(H,20,21). The number of benzene rings is 1. The molecule has 3 nitrogen and oxygen atoms in total. The van der Waals surface area contributed by atoms with Gasteiger partial charge in [-0.15, -0.1) is 0 Å². The van der Waals surface area contributed by atoms with Crippen LogP contribution in [0.3, 0.4) is 0 Å². The minimum atomic E-state index is -0.762. The Morgan fingerprint density at radius 2 is 1.86 bits per heavy atom. The summed E-state index contributed by atoms with van der Waals surface area (Å²) in [5.41, 5.74) is 5.37. The molecular formula is C18H23NO2. The van der Waals surface area contributed by atoms with Gasteiger partial charge in [0.1, 0.15) is 0 Å². The average molecular weight is 285 g/mol. The van der Waals surface area contributed by atoms with Crippen molar-refractivity contribution in [2.24, 2.45) is 0 Å². The highest BCUT2D eigenvalue weighted by atomic mass is 16.4. The highest BCUT2D eigenvalue weighted by molar-refractivity contribution is 5.86. The Morgan fingerprint density at radius 3 is 2.43 bits per heavy atom. The average Bonchev–Trinajstić information content (AvgIpc) is 2.34. The third-order valence-corrected chi connectivity index (χ3v) is 3.71. The van der Waals surface area contributed by atoms with Crippen LogP contribution >= 0.6 is 0 Å². The monoisotopic (exact) mass is 285 g/mol. The molecule has 0 bridgehead atoms. The van der Waals surface area contributed by atoms with Crippen molar-refractivity contribution >= 4 is 16.9 Å². The van der Waals surface area contributed by atoms with Crippen molar-refractivity contribution in [1.82, 2.24) is 4.98 Å². The molecule has 0 aliphatic heterocycles. The number of aromatic nitrogens is 1. The third-order valence-electron chi connectivity index (χ3n) is 3.71. The number of nitrogens with zero attached hydrogens (tertiary/aromatic N) is 1. The number of hydrogen-bond acceptors (Lipinski definition) is 2. The van der Waals surface area contributed by atoms with Gasteiger partial charge in [-0.3, -0.25) is 9.78 Å². The first-order valence-corrected chi connectivity index (χ1v) is 7.31. The number of carbonyl (C=O) groups is 1. The van der Waals surface area contributed by atoms with Crippen LogP contribution in [0, 0.1) is 13.8 Å². The molecular weight excluding hydrogens is 262 g/mol. The van der Waals surface area contributed by atoms with Crippen molar-refractivity contribution in [3.63, 3.8) is 0 Å². The quantitative estimate of drug-likeness (QED) is 0.921. The van der Waals surface area contributed by atoms with Crippen molar-refractivity contribution in [2.75, 3.05) is 0 Å². The zero-order valence-electron chi connectivity index (χ0n) is 13.4. The number of hydrogen-bond donors (Lipinski definition) is 1. The van der Waals surface area contributed by atoms with Crippen LogP contribution in [0.4, 0.5) is 0 Å². The Morgan fingerprint density at radius 1 is 1.19 bits per heavy atom. The van der Waals surface area contributed by atoms with Crippen molar-refractivity contribution in [2.45, 2.75) is 52.9 Å². The van der Waals surface area contributed by atoms with Gasteiger partial charge in [-0.05, 0) is 43.5 Å². The number of aryl methyl sites for hydroxylation is 3. The lowest BCUT2D eigenvalue weighted by molar-refractivity contribution is -0.136. The van der Waals surface area contributed by atoms with Crippen molar-refractivity contribution < 1.29 is 9.90 Å². The lowest BCUT2D eigenvalue weighted by Gasteiger charge is -2.21. The van der Waals surface area contributed by atoms with Crippen LogP contribution in [0.2, 0.25) is 0 Å². The van der Waals surface area contributed by atoms with Crippen LogP contribution in [0.1, 0.15) is 49.6 Å². The zero-order chi connectivity index (χ0) is 15.8. The lowest BCUT2D eigenvalue weighted by Crippen LogP contribution is -2.15. The van der Waals surface area contributed by atoms with E-state index in [2.05, 4.69) is 52.8 Å². The first-order valence-electron chi connectivity index (χ1n) is 7.31. The summed E-state index contributed by atoms with van der Waals surface area (Å²) in [5.74, 6) is -0.762. The summed E-state index contributed by atoms with van der Waals surface area (Å²) < 4.78 is 0. The van der Waals surface area contributed by atoms with E-state index < -0.39 is 5.97 Å². The molecule has 3 heteroatoms. The predicted octanol–water partition coefficient (Wildman–Crippen LogP) is 4.17. The number of rotatable bonds is 3. The fraction of sp³-hybridized carbons (Fsp3) is 0.444. The maximum absolute atomic E-state index is 10.9. The maximum Gasteiger partial charge on any atom is 0.303 e. The summed E-state index contributed by atoms with van der Waals surface area (Å²) in [7, 11) is 0. The van der Waals surface area contributed by atoms with Gasteiger partial charge in [-0.25, -0.2) is 0 Å². The van der Waals surface area contributed by atoms with Crippen molar-refractivity contribution in [3.8, 4) is 0 Å². The fourth-order valence-electron chi connectivity index (χ4n) is 2.58. The molecule has 1 aromatic carbocycles. The summed E-state index contributed by atoms with van der Waals surface area (Å²) in [4.78, 5) is 15.7. The molecule has 1 heterocycles. The molecule has 112 valence electrons. The number of carboxylic acids is 1. The van der Waals surface area contributed by atoms with Crippen LogP contribution in [0.5, 0.6) is 0 Å². The van der Waals surface area contributed by atoms with E-state index in [-0.39, 0.29) is 11.8 Å². The van der Waals surface area contributed by atoms with E-state index in [9.17, 15) is 4.79 Å². The molecule has 0 unspecified atom stereocenters. The molecule has 2 aromatic rings. The molecule has 0 saturated carbocycles. The normalized spacial score (nSPS) is 11.9. The lowest BCUT2D eigenvalue weighted by atomic mass is 9.88. The molecule has 0 amide bonds. The van der Waals surface area contributed by atoms with Crippen LogP contribution in [0.15, 0.2) is 18.2 Å². The van der Waals surface area contributed by atoms with Crippen molar-refractivity contribution in [1.29, 1.82) is 0 Å². The molecule has 0 saturated heterocycles. The highest BCUT2D eigenvalue weighted by Crippen LogP contribution is 2.29. The number of fused-ring (bicyclic) bond motifs is 1. The Balaban J connectivity index is 2.69. The number of pyridine rings is 1. The van der Waals surface area contributed by atoms with Gasteiger partial charge >= 0.3 is 5.97 Å². The van der Waals surface area contributed by atoms with Gasteiger partial charge in [-0.1, -0.05) is 32.4 Å². The number of aliphatic carboxylic acids is 1. The molecule has 21 heavy (non-hydrogen) atoms. The largest absolute Gasteiger partial charge is 0.481 e. The molecule has 0 spiro atoms. The topological polar surface area (TPSA) is 50.2 Å². The van der Waals surface area contributed by atoms with E-state index in [0.29, 0.717) is 6.42 Å². The van der Waals surface area contributed by atoms with Gasteiger partial charge < -0.3 is 5.11 Å². The summed E-state index contributed by atoms with van der Waals surface area (Å²) in [6.45, 7) is 10.5. The zero-order valence-corrected chi connectivity index (χ0v) is 13.4. The first-order chi connectivity index (χ1) is 9.68. The highest BCUT2D eigenvalue weighted by Gasteiger charge is 2.19. The van der Waals surface area contributed by atoms with Gasteiger partial charge in [0.25, 0.3) is 0 Å². The minimum absolute atomic E-state index is 0.0521. The predicted molar refractivity (Wildman–Crippen MR) is 85.9 cm³/mol. The van der Waals surface area contributed by atoms with Gasteiger partial charge in [0.2, 0.25) is 0 Å². The Kier molecular flexibility index (Phi) is 4.04. The summed E-state index contributed by atoms with van der Waals surface area (Å²) in [5, 5.41) is 10.1. The van der Waals surface area contributed by atoms with Crippen LogP contribution < -0.4 is 0 Å². The molecule has 0 aliphatic rings. The molecule has 2 rings (SSSR count). The minimum Gasteiger partial charge on any atom is -0.481 e. The van der Waals surface area contributed by atoms with Crippen LogP contribution in [0.25, 0.3) is 10.9 Å². The van der Waals surface area contributed by atoms with E-state index in [4.69, 9.17) is 10.1 Å². The second-order valence-electron chi connectivity index (χ2n) is 6.79. The summed E-state index contributed by atoms with van der Waals surface area (Å²) in [6, 6.07) is 6.31. The van der Waals surface area contributed by atoms with E-state index in [0.717, 1.165) is 27.7 Å². The smallest absolute Gasteiger partial charge is 0.303 e. The molecule has 1 N–H and O–H groups in total. The first kappa shape index (κ1) is 15.5. The van der Waals surface area contributed by atoms with Crippen molar-refractivity contribution in [3.05, 3.63) is 40.6 Å². The maximum atomic E-state index is 10.9.